The molecule has 0 spiro atoms. The second kappa shape index (κ2) is 4.49. The minimum atomic E-state index is -2.96. The highest BCUT2D eigenvalue weighted by Gasteiger charge is 2.41. The van der Waals surface area contributed by atoms with Crippen LogP contribution in [0.3, 0.4) is 0 Å². The Bertz CT molecular complexity index is 434. The van der Waals surface area contributed by atoms with Gasteiger partial charge in [-0.05, 0) is 31.7 Å². The fourth-order valence-electron chi connectivity index (χ4n) is 3.47. The summed E-state index contributed by atoms with van der Waals surface area (Å²) in [5, 5.41) is 3.46. The smallest absolute Gasteiger partial charge is 0.226 e. The van der Waals surface area contributed by atoms with Crippen LogP contribution in [0.2, 0.25) is 0 Å². The molecule has 3 atom stereocenters. The number of hydrogen-bond acceptors (Lipinski definition) is 4. The summed E-state index contributed by atoms with van der Waals surface area (Å²) in [6.07, 6.45) is 2.88. The number of carbonyl (C=O) groups excluding carboxylic acids is 1. The third-order valence-electron chi connectivity index (χ3n) is 4.49. The molecule has 0 bridgehead atoms. The summed E-state index contributed by atoms with van der Waals surface area (Å²) in [4.78, 5) is 14.2. The zero-order valence-electron chi connectivity index (χ0n) is 10.5. The van der Waals surface area contributed by atoms with Crippen molar-refractivity contribution >= 4 is 15.7 Å². The van der Waals surface area contributed by atoms with Gasteiger partial charge in [0.15, 0.2) is 9.84 Å². The molecule has 1 unspecified atom stereocenters. The van der Waals surface area contributed by atoms with E-state index in [1.54, 1.807) is 0 Å². The number of fused-ring (bicyclic) bond motifs is 1. The molecule has 1 amide bonds. The van der Waals surface area contributed by atoms with E-state index in [0.29, 0.717) is 18.4 Å². The van der Waals surface area contributed by atoms with Gasteiger partial charge in [0.2, 0.25) is 5.91 Å². The van der Waals surface area contributed by atoms with Crippen LogP contribution < -0.4 is 5.32 Å². The van der Waals surface area contributed by atoms with Crippen molar-refractivity contribution in [2.75, 3.05) is 31.1 Å². The van der Waals surface area contributed by atoms with E-state index in [9.17, 15) is 13.2 Å². The lowest BCUT2D eigenvalue weighted by molar-refractivity contribution is -0.133. The number of nitrogens with zero attached hydrogens (tertiary/aromatic N) is 1. The fourth-order valence-corrected chi connectivity index (χ4v) is 5.21. The van der Waals surface area contributed by atoms with Crippen LogP contribution in [0.25, 0.3) is 0 Å². The largest absolute Gasteiger partial charge is 0.341 e. The van der Waals surface area contributed by atoms with Crippen LogP contribution in [0.5, 0.6) is 0 Å². The molecule has 102 valence electrons. The molecule has 3 aliphatic rings. The first-order valence-corrected chi connectivity index (χ1v) is 8.60. The maximum atomic E-state index is 12.3. The molecule has 0 aromatic carbocycles. The molecule has 3 saturated heterocycles. The number of piperidine rings is 1. The lowest BCUT2D eigenvalue weighted by Gasteiger charge is -2.24. The van der Waals surface area contributed by atoms with Crippen molar-refractivity contribution in [2.45, 2.75) is 25.3 Å². The number of carbonyl (C=O) groups is 1. The topological polar surface area (TPSA) is 66.5 Å². The van der Waals surface area contributed by atoms with Crippen LogP contribution in [0.1, 0.15) is 19.3 Å². The van der Waals surface area contributed by atoms with Gasteiger partial charge in [0.25, 0.3) is 0 Å². The zero-order valence-corrected chi connectivity index (χ0v) is 11.3. The first-order valence-electron chi connectivity index (χ1n) is 6.78. The number of nitrogens with one attached hydrogen (secondary N) is 1. The highest BCUT2D eigenvalue weighted by Crippen LogP contribution is 2.28. The predicted octanol–water partition coefficient (Wildman–Crippen LogP) is -0.368. The normalized spacial score (nSPS) is 38.7. The highest BCUT2D eigenvalue weighted by atomic mass is 32.2. The van der Waals surface area contributed by atoms with Gasteiger partial charge in [0.05, 0.1) is 17.4 Å². The Morgan fingerprint density at radius 3 is 2.72 bits per heavy atom. The summed E-state index contributed by atoms with van der Waals surface area (Å²) >= 11 is 0. The highest BCUT2D eigenvalue weighted by molar-refractivity contribution is 7.91. The molecule has 3 heterocycles. The SMILES string of the molecule is O=C(C1CCS(=O)(=O)C1)N1C[C@@H]2CCCN[C@@H]2C1. The maximum absolute atomic E-state index is 12.3. The molecule has 0 aliphatic carbocycles. The molecule has 18 heavy (non-hydrogen) atoms. The molecule has 0 aromatic rings. The number of amides is 1. The molecule has 5 nitrogen and oxygen atoms in total. The van der Waals surface area contributed by atoms with Gasteiger partial charge in [0.1, 0.15) is 0 Å². The third-order valence-corrected chi connectivity index (χ3v) is 6.26. The van der Waals surface area contributed by atoms with Crippen LogP contribution in [-0.2, 0) is 14.6 Å². The number of hydrogen-bond donors (Lipinski definition) is 1. The summed E-state index contributed by atoms with van der Waals surface area (Å²) in [6, 6.07) is 0.431. The van der Waals surface area contributed by atoms with Crippen LogP contribution >= 0.6 is 0 Å². The average Bonchev–Trinajstić information content (AvgIpc) is 2.91. The van der Waals surface area contributed by atoms with Gasteiger partial charge in [-0.25, -0.2) is 8.42 Å². The van der Waals surface area contributed by atoms with Crippen molar-refractivity contribution in [3.63, 3.8) is 0 Å². The summed E-state index contributed by atoms with van der Waals surface area (Å²) in [5.41, 5.74) is 0. The Balaban J connectivity index is 1.64. The molecule has 3 aliphatic heterocycles. The first kappa shape index (κ1) is 12.4. The van der Waals surface area contributed by atoms with Gasteiger partial charge < -0.3 is 10.2 Å². The van der Waals surface area contributed by atoms with Crippen LogP contribution in [-0.4, -0.2) is 56.4 Å². The minimum Gasteiger partial charge on any atom is -0.341 e. The van der Waals surface area contributed by atoms with E-state index in [1.165, 1.54) is 12.8 Å². The molecule has 0 aromatic heterocycles. The van der Waals surface area contributed by atoms with Gasteiger partial charge in [-0.3, -0.25) is 4.79 Å². The minimum absolute atomic E-state index is 0.0606. The van der Waals surface area contributed by atoms with Gasteiger partial charge in [0, 0.05) is 19.1 Å². The Hall–Kier alpha value is -0.620. The fraction of sp³-hybridized carbons (Fsp3) is 0.917. The molecule has 3 rings (SSSR count). The third kappa shape index (κ3) is 2.28. The Morgan fingerprint density at radius 1 is 1.22 bits per heavy atom. The quantitative estimate of drug-likeness (QED) is 0.707. The van der Waals surface area contributed by atoms with Crippen molar-refractivity contribution in [2.24, 2.45) is 11.8 Å². The van der Waals surface area contributed by atoms with Crippen molar-refractivity contribution < 1.29 is 13.2 Å². The second-order valence-corrected chi connectivity index (χ2v) is 8.03. The predicted molar refractivity (Wildman–Crippen MR) is 67.9 cm³/mol. The van der Waals surface area contributed by atoms with E-state index in [-0.39, 0.29) is 23.3 Å². The summed E-state index contributed by atoms with van der Waals surface area (Å²) in [7, 11) is -2.96. The molecule has 6 heteroatoms. The van der Waals surface area contributed by atoms with E-state index >= 15 is 0 Å². The van der Waals surface area contributed by atoms with Crippen LogP contribution in [0, 0.1) is 11.8 Å². The summed E-state index contributed by atoms with van der Waals surface area (Å²) in [6.45, 7) is 2.62. The average molecular weight is 272 g/mol. The number of rotatable bonds is 1. The Kier molecular flexibility index (Phi) is 3.10. The zero-order chi connectivity index (χ0) is 12.8. The summed E-state index contributed by atoms with van der Waals surface area (Å²) in [5.74, 6) is 0.594. The second-order valence-electron chi connectivity index (χ2n) is 5.81. The molecule has 1 N–H and O–H groups in total. The standard InChI is InChI=1S/C12H20N2O3S/c15-12(10-3-5-18(16,17)8-10)14-6-9-2-1-4-13-11(9)7-14/h9-11,13H,1-8H2/t9-,10?,11+/m0/s1. The monoisotopic (exact) mass is 272 g/mol. The molecular weight excluding hydrogens is 252 g/mol. The van der Waals surface area contributed by atoms with E-state index in [1.807, 2.05) is 4.90 Å². The molecule has 3 fully saturated rings. The van der Waals surface area contributed by atoms with Gasteiger partial charge >= 0.3 is 0 Å². The number of sulfone groups is 1. The van der Waals surface area contributed by atoms with Crippen molar-refractivity contribution in [3.05, 3.63) is 0 Å². The van der Waals surface area contributed by atoms with Gasteiger partial charge in [-0.1, -0.05) is 0 Å². The van der Waals surface area contributed by atoms with Gasteiger partial charge in [-0.15, -0.1) is 0 Å². The van der Waals surface area contributed by atoms with Gasteiger partial charge in [-0.2, -0.15) is 0 Å². The van der Waals surface area contributed by atoms with E-state index < -0.39 is 9.84 Å². The summed E-state index contributed by atoms with van der Waals surface area (Å²) < 4.78 is 22.9. The van der Waals surface area contributed by atoms with Crippen molar-refractivity contribution in [3.8, 4) is 0 Å². The Labute approximate surface area is 108 Å². The lowest BCUT2D eigenvalue weighted by Crippen LogP contribution is -2.41. The molecular formula is C12H20N2O3S. The van der Waals surface area contributed by atoms with Crippen molar-refractivity contribution in [1.29, 1.82) is 0 Å². The van der Waals surface area contributed by atoms with Crippen molar-refractivity contribution in [1.82, 2.24) is 10.2 Å². The number of likely N-dealkylation sites (tertiary alicyclic amines) is 1. The van der Waals surface area contributed by atoms with Crippen LogP contribution in [0.4, 0.5) is 0 Å². The van der Waals surface area contributed by atoms with Crippen LogP contribution in [0.15, 0.2) is 0 Å². The molecule has 0 radical (unpaired) electrons. The lowest BCUT2D eigenvalue weighted by atomic mass is 9.94. The van der Waals surface area contributed by atoms with E-state index in [0.717, 1.165) is 19.6 Å². The Morgan fingerprint density at radius 2 is 2.06 bits per heavy atom. The van der Waals surface area contributed by atoms with E-state index in [2.05, 4.69) is 5.32 Å². The van der Waals surface area contributed by atoms with E-state index in [4.69, 9.17) is 0 Å². The molecule has 0 saturated carbocycles. The first-order chi connectivity index (χ1) is 8.55. The maximum Gasteiger partial charge on any atom is 0.226 e.